The van der Waals surface area contributed by atoms with Crippen molar-refractivity contribution >= 4 is 12.1 Å². The topological polar surface area (TPSA) is 58.7 Å². The number of piperidine rings is 1. The first-order chi connectivity index (χ1) is 11.2. The van der Waals surface area contributed by atoms with Gasteiger partial charge in [-0.15, -0.1) is 0 Å². The van der Waals surface area contributed by atoms with Crippen LogP contribution in [0.1, 0.15) is 33.6 Å². The van der Waals surface area contributed by atoms with E-state index in [1.807, 2.05) is 43.5 Å². The first-order valence-electron chi connectivity index (χ1n) is 8.48. The van der Waals surface area contributed by atoms with Crippen LogP contribution in [-0.4, -0.2) is 58.3 Å². The van der Waals surface area contributed by atoms with E-state index in [1.165, 1.54) is 0 Å². The summed E-state index contributed by atoms with van der Waals surface area (Å²) in [5.41, 5.74) is -0.294. The third kappa shape index (κ3) is 4.45. The highest BCUT2D eigenvalue weighted by Crippen LogP contribution is 2.41. The molecule has 0 unspecified atom stereocenters. The number of rotatable bonds is 0. The average molecular weight is 462 g/mol. The molecule has 2 amide bonds. The van der Waals surface area contributed by atoms with Gasteiger partial charge in [-0.25, -0.2) is 14.2 Å². The maximum atomic E-state index is 12.5. The van der Waals surface area contributed by atoms with Crippen molar-refractivity contribution in [3.63, 3.8) is 0 Å². The summed E-state index contributed by atoms with van der Waals surface area (Å²) in [6.07, 6.45) is 7.05. The number of amides is 2. The van der Waals surface area contributed by atoms with E-state index < -0.39 is 5.60 Å². The number of carbonyl (C=O) groups excluding carboxylic acids is 2. The van der Waals surface area contributed by atoms with Crippen LogP contribution >= 0.6 is 0 Å². The third-order valence-corrected chi connectivity index (χ3v) is 4.79. The van der Waals surface area contributed by atoms with E-state index in [0.29, 0.717) is 0 Å². The van der Waals surface area contributed by atoms with Gasteiger partial charge in [-0.1, -0.05) is 0 Å². The molecule has 0 bridgehead atoms. The van der Waals surface area contributed by atoms with Crippen molar-refractivity contribution in [3.8, 4) is 0 Å². The van der Waals surface area contributed by atoms with E-state index in [4.69, 9.17) is 4.74 Å². The third-order valence-electron chi connectivity index (χ3n) is 4.79. The molecular formula is C17H27IN4O3. The first kappa shape index (κ1) is 20.0. The SMILES string of the molecule is C[n+]1ccn(C(=O)N2CCC3(CC2)CN(C(=O)OC(C)(C)C)C3)c1.[I-]. The average Bonchev–Trinajstić information content (AvgIpc) is 2.89. The molecule has 140 valence electrons. The molecule has 0 aromatic carbocycles. The summed E-state index contributed by atoms with van der Waals surface area (Å²) in [7, 11) is 1.90. The van der Waals surface area contributed by atoms with E-state index in [9.17, 15) is 9.59 Å². The second-order valence-electron chi connectivity index (χ2n) is 8.09. The molecule has 3 heterocycles. The Labute approximate surface area is 165 Å². The molecule has 2 aliphatic rings. The Morgan fingerprint density at radius 2 is 1.72 bits per heavy atom. The molecule has 2 aliphatic heterocycles. The Morgan fingerprint density at radius 1 is 1.12 bits per heavy atom. The Morgan fingerprint density at radius 3 is 2.20 bits per heavy atom. The second kappa shape index (κ2) is 7.13. The van der Waals surface area contributed by atoms with E-state index in [2.05, 4.69) is 0 Å². The van der Waals surface area contributed by atoms with Crippen LogP contribution < -0.4 is 28.5 Å². The standard InChI is InChI=1S/C17H27N4O3.HI/c1-16(2,3)24-15(23)21-11-17(12-21)5-7-19(8-6-17)14(22)20-10-9-18(4)13-20;/h9-10,13H,5-8,11-12H2,1-4H3;1H/q+1;/p-1. The van der Waals surface area contributed by atoms with Crippen molar-refractivity contribution in [3.05, 3.63) is 18.7 Å². The number of hydrogen-bond acceptors (Lipinski definition) is 3. The fraction of sp³-hybridized carbons (Fsp3) is 0.706. The lowest BCUT2D eigenvalue weighted by Crippen LogP contribution is -3.00. The molecular weight excluding hydrogens is 435 g/mol. The lowest BCUT2D eigenvalue weighted by Gasteiger charge is -2.53. The molecule has 2 fully saturated rings. The van der Waals surface area contributed by atoms with E-state index in [0.717, 1.165) is 39.0 Å². The number of likely N-dealkylation sites (tertiary alicyclic amines) is 2. The van der Waals surface area contributed by atoms with Gasteiger partial charge in [0, 0.05) is 31.6 Å². The van der Waals surface area contributed by atoms with Gasteiger partial charge in [0.05, 0.1) is 7.05 Å². The van der Waals surface area contributed by atoms with Crippen molar-refractivity contribution in [2.45, 2.75) is 39.2 Å². The number of nitrogens with zero attached hydrogens (tertiary/aromatic N) is 4. The van der Waals surface area contributed by atoms with Crippen LogP contribution in [-0.2, 0) is 11.8 Å². The molecule has 0 N–H and O–H groups in total. The summed E-state index contributed by atoms with van der Waals surface area (Å²) in [4.78, 5) is 28.2. The number of hydrogen-bond donors (Lipinski definition) is 0. The van der Waals surface area contributed by atoms with Gasteiger partial charge in [-0.2, -0.15) is 4.57 Å². The van der Waals surface area contributed by atoms with Crippen molar-refractivity contribution in [2.24, 2.45) is 12.5 Å². The minimum absolute atomic E-state index is 0. The van der Waals surface area contributed by atoms with Gasteiger partial charge < -0.3 is 38.5 Å². The van der Waals surface area contributed by atoms with Crippen molar-refractivity contribution < 1.29 is 42.9 Å². The number of halogens is 1. The van der Waals surface area contributed by atoms with Gasteiger partial charge >= 0.3 is 12.1 Å². The highest BCUT2D eigenvalue weighted by molar-refractivity contribution is 5.76. The predicted molar refractivity (Wildman–Crippen MR) is 87.4 cm³/mol. The van der Waals surface area contributed by atoms with Gasteiger partial charge in [-0.3, -0.25) is 0 Å². The van der Waals surface area contributed by atoms with E-state index in [1.54, 1.807) is 22.0 Å². The Balaban J connectivity index is 0.00000225. The molecule has 1 aromatic rings. The zero-order chi connectivity index (χ0) is 17.5. The summed E-state index contributed by atoms with van der Waals surface area (Å²) in [6.45, 7) is 8.60. The fourth-order valence-electron chi connectivity index (χ4n) is 3.43. The second-order valence-corrected chi connectivity index (χ2v) is 8.09. The summed E-state index contributed by atoms with van der Waals surface area (Å²) < 4.78 is 8.88. The number of aromatic nitrogens is 2. The van der Waals surface area contributed by atoms with Gasteiger partial charge in [0.1, 0.15) is 18.0 Å². The van der Waals surface area contributed by atoms with Gasteiger partial charge in [0.2, 0.25) is 0 Å². The quantitative estimate of drug-likeness (QED) is 0.353. The van der Waals surface area contributed by atoms with Crippen LogP contribution in [0.25, 0.3) is 0 Å². The minimum atomic E-state index is -0.456. The molecule has 0 atom stereocenters. The first-order valence-corrected chi connectivity index (χ1v) is 8.48. The van der Waals surface area contributed by atoms with Crippen LogP contribution in [0.5, 0.6) is 0 Å². The monoisotopic (exact) mass is 462 g/mol. The highest BCUT2D eigenvalue weighted by atomic mass is 127. The fourth-order valence-corrected chi connectivity index (χ4v) is 3.43. The summed E-state index contributed by atoms with van der Waals surface area (Å²) in [5.74, 6) is 0. The molecule has 1 spiro atoms. The molecule has 25 heavy (non-hydrogen) atoms. The zero-order valence-electron chi connectivity index (χ0n) is 15.4. The van der Waals surface area contributed by atoms with Crippen LogP contribution in [0.4, 0.5) is 9.59 Å². The Kier molecular flexibility index (Phi) is 5.70. The number of aryl methyl sites for hydroxylation is 1. The molecule has 0 aliphatic carbocycles. The van der Waals surface area contributed by atoms with Crippen molar-refractivity contribution in [2.75, 3.05) is 26.2 Å². The normalized spacial score (nSPS) is 19.2. The Hall–Kier alpha value is -1.32. The predicted octanol–water partition coefficient (Wildman–Crippen LogP) is -1.38. The largest absolute Gasteiger partial charge is 1.00 e. The minimum Gasteiger partial charge on any atom is -1.00 e. The highest BCUT2D eigenvalue weighted by Gasteiger charge is 2.48. The molecule has 0 saturated carbocycles. The van der Waals surface area contributed by atoms with Crippen LogP contribution in [0.3, 0.4) is 0 Å². The van der Waals surface area contributed by atoms with Gasteiger partial charge in [0.15, 0.2) is 0 Å². The molecule has 3 rings (SSSR count). The van der Waals surface area contributed by atoms with Crippen LogP contribution in [0, 0.1) is 5.41 Å². The number of carbonyl (C=O) groups is 2. The van der Waals surface area contributed by atoms with Crippen molar-refractivity contribution in [1.29, 1.82) is 0 Å². The van der Waals surface area contributed by atoms with Gasteiger partial charge in [-0.05, 0) is 33.6 Å². The summed E-state index contributed by atoms with van der Waals surface area (Å²) in [5, 5.41) is 0. The molecule has 2 saturated heterocycles. The molecule has 8 heteroatoms. The zero-order valence-corrected chi connectivity index (χ0v) is 17.5. The summed E-state index contributed by atoms with van der Waals surface area (Å²) >= 11 is 0. The molecule has 0 radical (unpaired) electrons. The van der Waals surface area contributed by atoms with Gasteiger partial charge in [0.25, 0.3) is 6.33 Å². The smallest absolute Gasteiger partial charge is 0.415 e. The van der Waals surface area contributed by atoms with Crippen LogP contribution in [0.2, 0.25) is 0 Å². The van der Waals surface area contributed by atoms with Crippen LogP contribution in [0.15, 0.2) is 18.7 Å². The maximum Gasteiger partial charge on any atom is 0.415 e. The van der Waals surface area contributed by atoms with E-state index in [-0.39, 0.29) is 41.5 Å². The maximum absolute atomic E-state index is 12.5. The van der Waals surface area contributed by atoms with Crippen molar-refractivity contribution in [1.82, 2.24) is 14.4 Å². The number of ether oxygens (including phenoxy) is 1. The number of imidazole rings is 1. The molecule has 1 aromatic heterocycles. The Bertz CT molecular complexity index is 637. The lowest BCUT2D eigenvalue weighted by atomic mass is 9.72. The molecule has 7 nitrogen and oxygen atoms in total. The van der Waals surface area contributed by atoms with E-state index >= 15 is 0 Å². The summed E-state index contributed by atoms with van der Waals surface area (Å²) in [6, 6.07) is 0.0220. The lowest BCUT2D eigenvalue weighted by molar-refractivity contribution is -0.670.